The van der Waals surface area contributed by atoms with Crippen molar-refractivity contribution < 1.29 is 29.0 Å². The molecule has 4 aliphatic rings. The molecule has 45 heavy (non-hydrogen) atoms. The van der Waals surface area contributed by atoms with Crippen LogP contribution in [0.15, 0.2) is 72.8 Å². The molecule has 12 heteroatoms. The molecule has 6 atom stereocenters. The number of fused-ring (bicyclic) bond motifs is 3. The number of anilines is 1. The van der Waals surface area contributed by atoms with Crippen molar-refractivity contribution in [2.75, 3.05) is 31.2 Å². The molecule has 234 valence electrons. The number of hydrogen-bond donors (Lipinski definition) is 1. The van der Waals surface area contributed by atoms with E-state index in [1.54, 1.807) is 20.6 Å². The minimum Gasteiger partial charge on any atom is -0.494 e. The molecule has 0 bridgehead atoms. The lowest BCUT2D eigenvalue weighted by atomic mass is 9.77. The lowest BCUT2D eigenvalue weighted by Crippen LogP contribution is -2.58. The van der Waals surface area contributed by atoms with Crippen molar-refractivity contribution in [2.24, 2.45) is 11.8 Å². The molecule has 1 aromatic heterocycles. The summed E-state index contributed by atoms with van der Waals surface area (Å²) in [5, 5.41) is 18.9. The summed E-state index contributed by atoms with van der Waals surface area (Å²) in [6.45, 7) is 4.64. The SMILES string of the molecule is CCOc1ccc(N2CC=C[C@H]3O[C@]45C=CCN(Cn6nnc7ccccc76)C(=O)C4N([C@@H](CC)CO)C(=O)[C@@H]5[C@H]3C2=O)cc1. The van der Waals surface area contributed by atoms with E-state index in [-0.39, 0.29) is 37.5 Å². The second-order valence-corrected chi connectivity index (χ2v) is 11.8. The van der Waals surface area contributed by atoms with Crippen molar-refractivity contribution in [3.8, 4) is 5.75 Å². The van der Waals surface area contributed by atoms with Gasteiger partial charge in [0.15, 0.2) is 0 Å². The van der Waals surface area contributed by atoms with Crippen molar-refractivity contribution in [3.05, 3.63) is 72.8 Å². The molecule has 1 spiro atoms. The van der Waals surface area contributed by atoms with Crippen LogP contribution in [0.5, 0.6) is 5.75 Å². The summed E-state index contributed by atoms with van der Waals surface area (Å²) in [4.78, 5) is 48.3. The molecule has 2 saturated heterocycles. The number of benzene rings is 2. The van der Waals surface area contributed by atoms with Crippen LogP contribution in [0.4, 0.5) is 5.69 Å². The first-order valence-corrected chi connectivity index (χ1v) is 15.5. The van der Waals surface area contributed by atoms with Crippen LogP contribution in [0.1, 0.15) is 20.3 Å². The Morgan fingerprint density at radius 2 is 1.82 bits per heavy atom. The van der Waals surface area contributed by atoms with Crippen LogP contribution in [0.25, 0.3) is 11.0 Å². The first-order chi connectivity index (χ1) is 21.9. The first kappa shape index (κ1) is 29.2. The Balaban J connectivity index is 1.27. The summed E-state index contributed by atoms with van der Waals surface area (Å²) < 4.78 is 14.0. The number of aromatic nitrogens is 3. The third-order valence-corrected chi connectivity index (χ3v) is 9.44. The highest BCUT2D eigenvalue weighted by Gasteiger charge is 2.72. The highest BCUT2D eigenvalue weighted by molar-refractivity contribution is 6.04. The molecule has 0 saturated carbocycles. The highest BCUT2D eigenvalue weighted by Crippen LogP contribution is 2.54. The standard InChI is InChI=1S/C33H36N6O6/c1-3-21(19-40)39-29-32(43)36(20-38-25-10-6-5-9-24(25)34-35-38)17-8-16-33(29)28(31(39)42)27-26(45-33)11-7-18-37(30(27)41)22-12-14-23(15-13-22)44-4-2/h5-16,21,26-29,40H,3-4,17-20H2,1-2H3/t21-,26+,27-,28-,29?,33-/m0/s1. The number of aliphatic hydroxyl groups is 1. The Bertz CT molecular complexity index is 1680. The van der Waals surface area contributed by atoms with Gasteiger partial charge in [0.1, 0.15) is 29.6 Å². The summed E-state index contributed by atoms with van der Waals surface area (Å²) in [5.41, 5.74) is 0.760. The van der Waals surface area contributed by atoms with Crippen LogP contribution in [0, 0.1) is 11.8 Å². The Labute approximate surface area is 260 Å². The summed E-state index contributed by atoms with van der Waals surface area (Å²) in [7, 11) is 0. The molecule has 1 N–H and O–H groups in total. The number of likely N-dealkylation sites (tertiary alicyclic amines) is 1. The molecule has 3 aromatic rings. The average Bonchev–Trinajstić information content (AvgIpc) is 3.61. The van der Waals surface area contributed by atoms with Crippen LogP contribution < -0.4 is 9.64 Å². The van der Waals surface area contributed by atoms with Gasteiger partial charge in [-0.25, -0.2) is 4.68 Å². The quantitative estimate of drug-likeness (QED) is 0.383. The van der Waals surface area contributed by atoms with Crippen LogP contribution in [-0.4, -0.2) is 97.7 Å². The molecule has 12 nitrogen and oxygen atoms in total. The monoisotopic (exact) mass is 612 g/mol. The molecule has 0 aliphatic carbocycles. The fourth-order valence-electron chi connectivity index (χ4n) is 7.36. The van der Waals surface area contributed by atoms with Crippen LogP contribution in [0.2, 0.25) is 0 Å². The van der Waals surface area contributed by atoms with Gasteiger partial charge < -0.3 is 29.3 Å². The molecule has 2 aromatic carbocycles. The number of carbonyl (C=O) groups excluding carboxylic acids is 3. The average molecular weight is 613 g/mol. The maximum absolute atomic E-state index is 14.6. The van der Waals surface area contributed by atoms with Crippen LogP contribution >= 0.6 is 0 Å². The Morgan fingerprint density at radius 3 is 2.58 bits per heavy atom. The number of hydrogen-bond acceptors (Lipinski definition) is 8. The lowest BCUT2D eigenvalue weighted by Gasteiger charge is -2.38. The van der Waals surface area contributed by atoms with Gasteiger partial charge in [-0.1, -0.05) is 48.6 Å². The summed E-state index contributed by atoms with van der Waals surface area (Å²) in [6.07, 6.45) is 7.07. The number of carbonyl (C=O) groups is 3. The molecule has 2 fully saturated rings. The van der Waals surface area contributed by atoms with Crippen LogP contribution in [-0.2, 0) is 25.8 Å². The zero-order chi connectivity index (χ0) is 31.3. The second-order valence-electron chi connectivity index (χ2n) is 11.8. The van der Waals surface area contributed by atoms with E-state index in [2.05, 4.69) is 10.3 Å². The largest absolute Gasteiger partial charge is 0.494 e. The van der Waals surface area contributed by atoms with Crippen LogP contribution in [0.3, 0.4) is 0 Å². The number of amides is 3. The maximum atomic E-state index is 14.6. The minimum atomic E-state index is -1.40. The van der Waals surface area contributed by atoms with E-state index >= 15 is 0 Å². The number of rotatable bonds is 8. The zero-order valence-electron chi connectivity index (χ0n) is 25.2. The minimum absolute atomic E-state index is 0.107. The van der Waals surface area contributed by atoms with Gasteiger partial charge >= 0.3 is 0 Å². The Morgan fingerprint density at radius 1 is 1.02 bits per heavy atom. The molecule has 0 radical (unpaired) electrons. The number of nitrogens with zero attached hydrogens (tertiary/aromatic N) is 6. The fraction of sp³-hybridized carbons (Fsp3) is 0.424. The molecule has 3 amide bonds. The van der Waals surface area contributed by atoms with E-state index in [1.807, 2.05) is 80.6 Å². The van der Waals surface area contributed by atoms with Gasteiger partial charge in [-0.05, 0) is 49.7 Å². The molecular formula is C33H36N6O6. The van der Waals surface area contributed by atoms with E-state index in [1.165, 1.54) is 4.90 Å². The normalized spacial score (nSPS) is 28.2. The van der Waals surface area contributed by atoms with E-state index in [0.29, 0.717) is 36.5 Å². The van der Waals surface area contributed by atoms with Gasteiger partial charge in [0, 0.05) is 18.8 Å². The Kier molecular flexibility index (Phi) is 7.41. The van der Waals surface area contributed by atoms with Crippen molar-refractivity contribution in [1.29, 1.82) is 0 Å². The summed E-state index contributed by atoms with van der Waals surface area (Å²) >= 11 is 0. The number of aliphatic hydroxyl groups excluding tert-OH is 1. The fourth-order valence-corrected chi connectivity index (χ4v) is 7.36. The lowest BCUT2D eigenvalue weighted by molar-refractivity contribution is -0.151. The summed E-state index contributed by atoms with van der Waals surface area (Å²) in [5.74, 6) is -2.08. The van der Waals surface area contributed by atoms with Crippen molar-refractivity contribution in [2.45, 2.75) is 50.7 Å². The maximum Gasteiger partial charge on any atom is 0.250 e. The van der Waals surface area contributed by atoms with Gasteiger partial charge in [0.25, 0.3) is 5.91 Å². The van der Waals surface area contributed by atoms with E-state index in [9.17, 15) is 19.5 Å². The summed E-state index contributed by atoms with van der Waals surface area (Å²) in [6, 6.07) is 13.1. The smallest absolute Gasteiger partial charge is 0.250 e. The van der Waals surface area contributed by atoms with Gasteiger partial charge in [-0.2, -0.15) is 0 Å². The first-order valence-electron chi connectivity index (χ1n) is 15.5. The van der Waals surface area contributed by atoms with E-state index in [4.69, 9.17) is 9.47 Å². The zero-order valence-corrected chi connectivity index (χ0v) is 25.2. The van der Waals surface area contributed by atoms with Gasteiger partial charge in [0.05, 0.1) is 42.7 Å². The predicted molar refractivity (Wildman–Crippen MR) is 164 cm³/mol. The highest BCUT2D eigenvalue weighted by atomic mass is 16.5. The number of para-hydroxylation sites is 1. The predicted octanol–water partition coefficient (Wildman–Crippen LogP) is 2.14. The van der Waals surface area contributed by atoms with Gasteiger partial charge in [-0.3, -0.25) is 14.4 Å². The van der Waals surface area contributed by atoms with Crippen molar-refractivity contribution in [3.63, 3.8) is 0 Å². The van der Waals surface area contributed by atoms with Gasteiger partial charge in [0.2, 0.25) is 11.8 Å². The van der Waals surface area contributed by atoms with E-state index in [0.717, 1.165) is 5.52 Å². The molecular weight excluding hydrogens is 576 g/mol. The molecule has 5 heterocycles. The van der Waals surface area contributed by atoms with Gasteiger partial charge in [-0.15, -0.1) is 5.10 Å². The Hall–Kier alpha value is -4.55. The third kappa shape index (κ3) is 4.54. The topological polar surface area (TPSA) is 130 Å². The van der Waals surface area contributed by atoms with E-state index < -0.39 is 35.6 Å². The molecule has 1 unspecified atom stereocenters. The third-order valence-electron chi connectivity index (χ3n) is 9.44. The molecule has 7 rings (SSSR count). The molecule has 4 aliphatic heterocycles. The second kappa shape index (κ2) is 11.4. The van der Waals surface area contributed by atoms with Crippen molar-refractivity contribution in [1.82, 2.24) is 24.8 Å². The van der Waals surface area contributed by atoms with Crippen molar-refractivity contribution >= 4 is 34.4 Å². The number of ether oxygens (including phenoxy) is 2.